The summed E-state index contributed by atoms with van der Waals surface area (Å²) >= 11 is 6.06. The summed E-state index contributed by atoms with van der Waals surface area (Å²) in [6.07, 6.45) is 2.56. The number of alkyl halides is 1. The molecule has 0 aromatic heterocycles. The molecule has 82 valence electrons. The van der Waals surface area contributed by atoms with E-state index in [1.165, 1.54) is 0 Å². The SMILES string of the molecule is CC(Cl)C1(Cc2cccc(F)c2F)CC1. The highest BCUT2D eigenvalue weighted by atomic mass is 35.5. The maximum atomic E-state index is 13.4. The van der Waals surface area contributed by atoms with Gasteiger partial charge in [-0.15, -0.1) is 11.6 Å². The van der Waals surface area contributed by atoms with Crippen molar-refractivity contribution in [3.8, 4) is 0 Å². The first-order chi connectivity index (χ1) is 7.05. The summed E-state index contributed by atoms with van der Waals surface area (Å²) in [6, 6.07) is 4.32. The molecule has 1 fully saturated rings. The zero-order chi connectivity index (χ0) is 11.1. The fraction of sp³-hybridized carbons (Fsp3) is 0.500. The average Bonchev–Trinajstić information content (AvgIpc) is 2.94. The highest BCUT2D eigenvalue weighted by Gasteiger charge is 2.46. The quantitative estimate of drug-likeness (QED) is 0.691. The second-order valence-corrected chi connectivity index (χ2v) is 5.02. The first-order valence-corrected chi connectivity index (χ1v) is 5.56. The van der Waals surface area contributed by atoms with Gasteiger partial charge in [0.2, 0.25) is 0 Å². The van der Waals surface area contributed by atoms with Gasteiger partial charge in [-0.3, -0.25) is 0 Å². The van der Waals surface area contributed by atoms with Crippen LogP contribution in [-0.2, 0) is 6.42 Å². The smallest absolute Gasteiger partial charge is 0.162 e. The molecule has 3 heteroatoms. The van der Waals surface area contributed by atoms with Crippen molar-refractivity contribution in [2.75, 3.05) is 0 Å². The molecule has 0 heterocycles. The number of benzene rings is 1. The van der Waals surface area contributed by atoms with Gasteiger partial charge in [0.05, 0.1) is 0 Å². The van der Waals surface area contributed by atoms with E-state index in [2.05, 4.69) is 0 Å². The number of rotatable bonds is 3. The minimum Gasteiger partial charge on any atom is -0.204 e. The van der Waals surface area contributed by atoms with Crippen molar-refractivity contribution in [2.45, 2.75) is 31.6 Å². The van der Waals surface area contributed by atoms with Gasteiger partial charge < -0.3 is 0 Å². The van der Waals surface area contributed by atoms with Crippen molar-refractivity contribution in [3.63, 3.8) is 0 Å². The lowest BCUT2D eigenvalue weighted by Gasteiger charge is -2.18. The van der Waals surface area contributed by atoms with Crippen LogP contribution < -0.4 is 0 Å². The van der Waals surface area contributed by atoms with Crippen molar-refractivity contribution >= 4 is 11.6 Å². The molecule has 0 N–H and O–H groups in total. The third kappa shape index (κ3) is 2.00. The van der Waals surface area contributed by atoms with Crippen molar-refractivity contribution in [1.29, 1.82) is 0 Å². The molecular formula is C12H13ClF2. The number of halogens is 3. The van der Waals surface area contributed by atoms with E-state index in [4.69, 9.17) is 11.6 Å². The Kier molecular flexibility index (Phi) is 2.72. The van der Waals surface area contributed by atoms with Gasteiger partial charge in [-0.1, -0.05) is 12.1 Å². The van der Waals surface area contributed by atoms with E-state index in [0.717, 1.165) is 18.9 Å². The summed E-state index contributed by atoms with van der Waals surface area (Å²) in [5, 5.41) is 0.0140. The Balaban J connectivity index is 2.22. The van der Waals surface area contributed by atoms with Crippen molar-refractivity contribution in [2.24, 2.45) is 5.41 Å². The molecule has 0 nitrogen and oxygen atoms in total. The maximum Gasteiger partial charge on any atom is 0.162 e. The normalized spacial score (nSPS) is 20.0. The van der Waals surface area contributed by atoms with Gasteiger partial charge in [0.15, 0.2) is 11.6 Å². The molecule has 0 bridgehead atoms. The molecule has 0 saturated heterocycles. The van der Waals surface area contributed by atoms with Crippen LogP contribution in [0.15, 0.2) is 18.2 Å². The molecule has 1 unspecified atom stereocenters. The minimum atomic E-state index is -0.773. The third-order valence-electron chi connectivity index (χ3n) is 3.31. The molecule has 0 radical (unpaired) electrons. The van der Waals surface area contributed by atoms with Crippen LogP contribution in [0.4, 0.5) is 8.78 Å². The van der Waals surface area contributed by atoms with Gasteiger partial charge in [-0.05, 0) is 43.2 Å². The van der Waals surface area contributed by atoms with Gasteiger partial charge >= 0.3 is 0 Å². The number of hydrogen-bond donors (Lipinski definition) is 0. The van der Waals surface area contributed by atoms with Gasteiger partial charge in [0.25, 0.3) is 0 Å². The van der Waals surface area contributed by atoms with Crippen LogP contribution in [0.1, 0.15) is 25.3 Å². The van der Waals surface area contributed by atoms with E-state index in [0.29, 0.717) is 12.0 Å². The topological polar surface area (TPSA) is 0 Å². The summed E-state index contributed by atoms with van der Waals surface area (Å²) in [5.74, 6) is -1.49. The van der Waals surface area contributed by atoms with Gasteiger partial charge in [-0.25, -0.2) is 8.78 Å². The predicted octanol–water partition coefficient (Wildman–Crippen LogP) is 3.91. The Labute approximate surface area is 93.2 Å². The van der Waals surface area contributed by atoms with Crippen molar-refractivity contribution < 1.29 is 8.78 Å². The molecular weight excluding hydrogens is 218 g/mol. The van der Waals surface area contributed by atoms with Crippen LogP contribution in [0, 0.1) is 17.0 Å². The molecule has 1 atom stereocenters. The summed E-state index contributed by atoms with van der Waals surface area (Å²) < 4.78 is 26.4. The van der Waals surface area contributed by atoms with Crippen LogP contribution in [0.2, 0.25) is 0 Å². The second kappa shape index (κ2) is 3.75. The molecule has 2 rings (SSSR count). The molecule has 0 amide bonds. The predicted molar refractivity (Wildman–Crippen MR) is 57.0 cm³/mol. The van der Waals surface area contributed by atoms with Crippen LogP contribution in [0.3, 0.4) is 0 Å². The van der Waals surface area contributed by atoms with Gasteiger partial charge in [0.1, 0.15) is 0 Å². The molecule has 1 aromatic rings. The van der Waals surface area contributed by atoms with E-state index in [1.54, 1.807) is 12.1 Å². The first kappa shape index (κ1) is 10.9. The minimum absolute atomic E-state index is 0.00378. The fourth-order valence-electron chi connectivity index (χ4n) is 1.94. The van der Waals surface area contributed by atoms with Crippen LogP contribution in [0.5, 0.6) is 0 Å². The van der Waals surface area contributed by atoms with Crippen LogP contribution in [0.25, 0.3) is 0 Å². The summed E-state index contributed by atoms with van der Waals surface area (Å²) in [6.45, 7) is 1.92. The zero-order valence-corrected chi connectivity index (χ0v) is 9.32. The molecule has 15 heavy (non-hydrogen) atoms. The highest BCUT2D eigenvalue weighted by molar-refractivity contribution is 6.21. The molecule has 1 aliphatic carbocycles. The Hall–Kier alpha value is -0.630. The lowest BCUT2D eigenvalue weighted by molar-refractivity contribution is 0.456. The van der Waals surface area contributed by atoms with Gasteiger partial charge in [0, 0.05) is 5.38 Å². The molecule has 1 saturated carbocycles. The third-order valence-corrected chi connectivity index (χ3v) is 3.77. The van der Waals surface area contributed by atoms with Crippen LogP contribution >= 0.6 is 11.6 Å². The monoisotopic (exact) mass is 230 g/mol. The van der Waals surface area contributed by atoms with Crippen molar-refractivity contribution in [1.82, 2.24) is 0 Å². The fourth-order valence-corrected chi connectivity index (χ4v) is 2.24. The second-order valence-electron chi connectivity index (χ2n) is 4.37. The Morgan fingerprint density at radius 3 is 2.60 bits per heavy atom. The maximum absolute atomic E-state index is 13.4. The summed E-state index contributed by atoms with van der Waals surface area (Å²) in [7, 11) is 0. The summed E-state index contributed by atoms with van der Waals surface area (Å²) in [5.41, 5.74) is 0.441. The van der Waals surface area contributed by atoms with E-state index in [9.17, 15) is 8.78 Å². The van der Waals surface area contributed by atoms with E-state index in [-0.39, 0.29) is 10.8 Å². The van der Waals surface area contributed by atoms with Crippen LogP contribution in [-0.4, -0.2) is 5.38 Å². The summed E-state index contributed by atoms with van der Waals surface area (Å²) in [4.78, 5) is 0. The molecule has 0 aliphatic heterocycles. The van der Waals surface area contributed by atoms with E-state index in [1.807, 2.05) is 6.92 Å². The number of hydrogen-bond acceptors (Lipinski definition) is 0. The first-order valence-electron chi connectivity index (χ1n) is 5.12. The Morgan fingerprint density at radius 1 is 1.40 bits per heavy atom. The Bertz CT molecular complexity index is 370. The Morgan fingerprint density at radius 2 is 2.07 bits per heavy atom. The standard InChI is InChI=1S/C12H13ClF2/c1-8(13)12(5-6-12)7-9-3-2-4-10(14)11(9)15/h2-4,8H,5-7H2,1H3. The lowest BCUT2D eigenvalue weighted by atomic mass is 9.93. The zero-order valence-electron chi connectivity index (χ0n) is 8.56. The van der Waals surface area contributed by atoms with Crippen molar-refractivity contribution in [3.05, 3.63) is 35.4 Å². The molecule has 1 aromatic carbocycles. The average molecular weight is 231 g/mol. The van der Waals surface area contributed by atoms with E-state index < -0.39 is 11.6 Å². The van der Waals surface area contributed by atoms with Gasteiger partial charge in [-0.2, -0.15) is 0 Å². The largest absolute Gasteiger partial charge is 0.204 e. The lowest BCUT2D eigenvalue weighted by Crippen LogP contribution is -2.16. The molecule has 0 spiro atoms. The molecule has 1 aliphatic rings. The highest BCUT2D eigenvalue weighted by Crippen LogP contribution is 2.53. The van der Waals surface area contributed by atoms with E-state index >= 15 is 0 Å².